The molecule has 1 aliphatic carbocycles. The molecule has 1 N–H and O–H groups in total. The number of aryl methyl sites for hydroxylation is 1. The first kappa shape index (κ1) is 14.8. The van der Waals surface area contributed by atoms with Gasteiger partial charge in [0.05, 0.1) is 0 Å². The Labute approximate surface area is 132 Å². The van der Waals surface area contributed by atoms with Gasteiger partial charge in [-0.05, 0) is 72.2 Å². The average Bonchev–Trinajstić information content (AvgIpc) is 3.01. The van der Waals surface area contributed by atoms with Crippen LogP contribution in [-0.2, 0) is 18.3 Å². The third-order valence-corrected chi connectivity index (χ3v) is 5.43. The van der Waals surface area contributed by atoms with Gasteiger partial charge in [0.2, 0.25) is 0 Å². The van der Waals surface area contributed by atoms with E-state index in [0.717, 1.165) is 13.1 Å². The Morgan fingerprint density at radius 3 is 2.95 bits per heavy atom. The van der Waals surface area contributed by atoms with Crippen LogP contribution in [0.5, 0.6) is 0 Å². The van der Waals surface area contributed by atoms with Crippen LogP contribution in [0.3, 0.4) is 0 Å². The molecule has 0 saturated heterocycles. The van der Waals surface area contributed by atoms with Gasteiger partial charge in [-0.3, -0.25) is 0 Å². The van der Waals surface area contributed by atoms with Crippen LogP contribution in [-0.4, -0.2) is 13.1 Å². The Morgan fingerprint density at radius 1 is 1.24 bits per heavy atom. The van der Waals surface area contributed by atoms with Crippen molar-refractivity contribution in [2.45, 2.75) is 44.4 Å². The fourth-order valence-corrected chi connectivity index (χ4v) is 4.39. The second kappa shape index (κ2) is 6.76. The standard InChI is InChI=1S/C19H25NS/c1-2-11-20-15-19(13-16-9-12-21-14-16)10-5-7-17-6-3-4-8-18(17)19/h3-4,6,8-9,12,14,20H,2,5,7,10-11,13,15H2,1H3. The van der Waals surface area contributed by atoms with Crippen LogP contribution in [0.2, 0.25) is 0 Å². The van der Waals surface area contributed by atoms with E-state index >= 15 is 0 Å². The van der Waals surface area contributed by atoms with Crippen molar-refractivity contribution in [3.63, 3.8) is 0 Å². The molecule has 0 spiro atoms. The summed E-state index contributed by atoms with van der Waals surface area (Å²) < 4.78 is 0. The molecule has 1 nitrogen and oxygen atoms in total. The summed E-state index contributed by atoms with van der Waals surface area (Å²) in [6.45, 7) is 4.47. The van der Waals surface area contributed by atoms with E-state index in [2.05, 4.69) is 53.3 Å². The SMILES string of the molecule is CCCNCC1(Cc2ccsc2)CCCc2ccccc21. The molecule has 112 valence electrons. The van der Waals surface area contributed by atoms with Crippen molar-refractivity contribution in [1.29, 1.82) is 0 Å². The van der Waals surface area contributed by atoms with Gasteiger partial charge < -0.3 is 5.32 Å². The molecule has 1 unspecified atom stereocenters. The first-order chi connectivity index (χ1) is 10.3. The highest BCUT2D eigenvalue weighted by molar-refractivity contribution is 7.07. The maximum atomic E-state index is 3.70. The van der Waals surface area contributed by atoms with Crippen LogP contribution in [0.15, 0.2) is 41.1 Å². The van der Waals surface area contributed by atoms with Gasteiger partial charge in [0.25, 0.3) is 0 Å². The fourth-order valence-electron chi connectivity index (χ4n) is 3.73. The van der Waals surface area contributed by atoms with E-state index in [0.29, 0.717) is 0 Å². The molecule has 1 heterocycles. The summed E-state index contributed by atoms with van der Waals surface area (Å²) in [4.78, 5) is 0. The van der Waals surface area contributed by atoms with E-state index in [1.807, 2.05) is 11.3 Å². The van der Waals surface area contributed by atoms with E-state index in [1.165, 1.54) is 37.7 Å². The summed E-state index contributed by atoms with van der Waals surface area (Å²) in [7, 11) is 0. The van der Waals surface area contributed by atoms with Crippen molar-refractivity contribution in [1.82, 2.24) is 5.32 Å². The fraction of sp³-hybridized carbons (Fsp3) is 0.474. The maximum Gasteiger partial charge on any atom is 0.0121 e. The van der Waals surface area contributed by atoms with Crippen molar-refractivity contribution in [3.8, 4) is 0 Å². The molecule has 3 rings (SSSR count). The van der Waals surface area contributed by atoms with Gasteiger partial charge in [0.15, 0.2) is 0 Å². The van der Waals surface area contributed by atoms with Gasteiger partial charge >= 0.3 is 0 Å². The van der Waals surface area contributed by atoms with Crippen LogP contribution in [0.4, 0.5) is 0 Å². The van der Waals surface area contributed by atoms with Gasteiger partial charge in [-0.25, -0.2) is 0 Å². The third-order valence-electron chi connectivity index (χ3n) is 4.70. The maximum absolute atomic E-state index is 3.70. The molecular formula is C19H25NS. The Kier molecular flexibility index (Phi) is 4.77. The van der Waals surface area contributed by atoms with Crippen LogP contribution in [0.1, 0.15) is 42.9 Å². The first-order valence-corrected chi connectivity index (χ1v) is 9.08. The van der Waals surface area contributed by atoms with Crippen LogP contribution in [0.25, 0.3) is 0 Å². The van der Waals surface area contributed by atoms with Gasteiger partial charge in [0, 0.05) is 12.0 Å². The molecule has 0 saturated carbocycles. The zero-order chi connectivity index (χ0) is 14.5. The molecule has 0 amide bonds. The molecule has 1 aliphatic rings. The summed E-state index contributed by atoms with van der Waals surface area (Å²) in [6.07, 6.45) is 6.24. The largest absolute Gasteiger partial charge is 0.316 e. The van der Waals surface area contributed by atoms with Gasteiger partial charge in [0.1, 0.15) is 0 Å². The third kappa shape index (κ3) is 3.22. The minimum absolute atomic E-state index is 0.283. The Morgan fingerprint density at radius 2 is 2.14 bits per heavy atom. The summed E-state index contributed by atoms with van der Waals surface area (Å²) in [6, 6.07) is 11.4. The Hall–Kier alpha value is -1.12. The van der Waals surface area contributed by atoms with E-state index in [9.17, 15) is 0 Å². The molecular weight excluding hydrogens is 274 g/mol. The zero-order valence-electron chi connectivity index (χ0n) is 12.9. The molecule has 2 heteroatoms. The number of thiophene rings is 1. The highest BCUT2D eigenvalue weighted by Gasteiger charge is 2.36. The van der Waals surface area contributed by atoms with Gasteiger partial charge in [-0.15, -0.1) is 0 Å². The summed E-state index contributed by atoms with van der Waals surface area (Å²) in [5.74, 6) is 0. The predicted molar refractivity (Wildman–Crippen MR) is 92.2 cm³/mol. The van der Waals surface area contributed by atoms with E-state index in [4.69, 9.17) is 0 Å². The van der Waals surface area contributed by atoms with Crippen LogP contribution >= 0.6 is 11.3 Å². The summed E-state index contributed by atoms with van der Waals surface area (Å²) in [5, 5.41) is 8.23. The highest BCUT2D eigenvalue weighted by atomic mass is 32.1. The van der Waals surface area contributed by atoms with Crippen molar-refractivity contribution in [2.24, 2.45) is 0 Å². The van der Waals surface area contributed by atoms with E-state index in [-0.39, 0.29) is 5.41 Å². The van der Waals surface area contributed by atoms with E-state index in [1.54, 1.807) is 11.1 Å². The van der Waals surface area contributed by atoms with E-state index < -0.39 is 0 Å². The molecule has 1 aromatic heterocycles. The van der Waals surface area contributed by atoms with Gasteiger partial charge in [-0.1, -0.05) is 31.2 Å². The smallest absolute Gasteiger partial charge is 0.0121 e. The van der Waals surface area contributed by atoms with Crippen molar-refractivity contribution in [2.75, 3.05) is 13.1 Å². The molecule has 1 aromatic carbocycles. The minimum atomic E-state index is 0.283. The number of rotatable bonds is 6. The number of hydrogen-bond donors (Lipinski definition) is 1. The zero-order valence-corrected chi connectivity index (χ0v) is 13.7. The number of hydrogen-bond acceptors (Lipinski definition) is 2. The molecule has 0 aliphatic heterocycles. The predicted octanol–water partition coefficient (Wildman–Crippen LogP) is 4.56. The minimum Gasteiger partial charge on any atom is -0.316 e. The molecule has 2 aromatic rings. The monoisotopic (exact) mass is 299 g/mol. The quantitative estimate of drug-likeness (QED) is 0.771. The second-order valence-corrected chi connectivity index (χ2v) is 7.06. The average molecular weight is 299 g/mol. The molecule has 1 atom stereocenters. The van der Waals surface area contributed by atoms with Crippen molar-refractivity contribution >= 4 is 11.3 Å². The summed E-state index contributed by atoms with van der Waals surface area (Å²) >= 11 is 1.82. The Balaban J connectivity index is 1.92. The summed E-state index contributed by atoms with van der Waals surface area (Å²) in [5.41, 5.74) is 4.93. The second-order valence-electron chi connectivity index (χ2n) is 6.28. The lowest BCUT2D eigenvalue weighted by Gasteiger charge is -2.40. The molecule has 0 bridgehead atoms. The lowest BCUT2D eigenvalue weighted by atomic mass is 9.67. The first-order valence-electron chi connectivity index (χ1n) is 8.14. The van der Waals surface area contributed by atoms with Gasteiger partial charge in [-0.2, -0.15) is 11.3 Å². The van der Waals surface area contributed by atoms with Crippen molar-refractivity contribution in [3.05, 3.63) is 57.8 Å². The van der Waals surface area contributed by atoms with Crippen LogP contribution < -0.4 is 5.32 Å². The van der Waals surface area contributed by atoms with Crippen molar-refractivity contribution < 1.29 is 0 Å². The molecule has 0 fully saturated rings. The Bertz CT molecular complexity index is 561. The molecule has 0 radical (unpaired) electrons. The number of nitrogens with one attached hydrogen (secondary N) is 1. The lowest BCUT2D eigenvalue weighted by molar-refractivity contribution is 0.336. The number of benzene rings is 1. The molecule has 21 heavy (non-hydrogen) atoms. The topological polar surface area (TPSA) is 12.0 Å². The lowest BCUT2D eigenvalue weighted by Crippen LogP contribution is -2.43. The number of fused-ring (bicyclic) bond motifs is 1. The normalized spacial score (nSPS) is 21.2. The van der Waals surface area contributed by atoms with Crippen LogP contribution in [0, 0.1) is 0 Å². The highest BCUT2D eigenvalue weighted by Crippen LogP contribution is 2.40.